The van der Waals surface area contributed by atoms with Crippen molar-refractivity contribution < 1.29 is 5.11 Å². The average Bonchev–Trinajstić information content (AvgIpc) is 3.26. The zero-order chi connectivity index (χ0) is 23.6. The second kappa shape index (κ2) is 9.91. The number of aromatic nitrogens is 2. The number of aromatic amines is 1. The molecule has 0 amide bonds. The Balaban J connectivity index is 1.80. The number of allylic oxidation sites excluding steroid dienone is 1. The van der Waals surface area contributed by atoms with Crippen LogP contribution in [0.3, 0.4) is 0 Å². The standard InChI is InChI=1S/C29H37IN2O/c1-5-21(3)23(18-28(4)13-10-20(2)16-26(28)30)19-29(33,24-11-14-31-15-12-24)27-17-22-8-6-7-9-25(22)32-27/h6-9,11-12,14-15,17-18,20-21,26,32-33H,5,10,13,16,19H2,1-4H3/b23-18-/t20-,21+,26-,28+,29?/m0/s1. The van der Waals surface area contributed by atoms with Crippen molar-refractivity contribution in [3.63, 3.8) is 0 Å². The normalized spacial score (nSPS) is 26.8. The van der Waals surface area contributed by atoms with Gasteiger partial charge in [0.1, 0.15) is 5.60 Å². The van der Waals surface area contributed by atoms with Gasteiger partial charge in [-0.2, -0.15) is 0 Å². The third kappa shape index (κ3) is 5.07. The lowest BCUT2D eigenvalue weighted by Gasteiger charge is -2.41. The minimum absolute atomic E-state index is 0.158. The first kappa shape index (κ1) is 24.5. The number of nitrogens with zero attached hydrogens (tertiary/aromatic N) is 1. The van der Waals surface area contributed by atoms with E-state index in [1.165, 1.54) is 24.8 Å². The number of H-pyrrole nitrogens is 1. The second-order valence-electron chi connectivity index (χ2n) is 10.4. The molecule has 2 aromatic heterocycles. The summed E-state index contributed by atoms with van der Waals surface area (Å²) >= 11 is 2.67. The van der Waals surface area contributed by atoms with Crippen LogP contribution in [0.4, 0.5) is 0 Å². The summed E-state index contributed by atoms with van der Waals surface area (Å²) in [5, 5.41) is 13.5. The van der Waals surface area contributed by atoms with Gasteiger partial charge in [0.25, 0.3) is 0 Å². The van der Waals surface area contributed by atoms with Gasteiger partial charge in [0, 0.05) is 28.3 Å². The summed E-state index contributed by atoms with van der Waals surface area (Å²) in [7, 11) is 0. The molecule has 1 aliphatic rings. The van der Waals surface area contributed by atoms with Gasteiger partial charge >= 0.3 is 0 Å². The maximum Gasteiger partial charge on any atom is 0.133 e. The fourth-order valence-corrected chi connectivity index (χ4v) is 6.60. The topological polar surface area (TPSA) is 48.9 Å². The highest BCUT2D eigenvalue weighted by Crippen LogP contribution is 2.47. The Morgan fingerprint density at radius 1 is 1.30 bits per heavy atom. The molecule has 33 heavy (non-hydrogen) atoms. The van der Waals surface area contributed by atoms with Crippen molar-refractivity contribution in [2.24, 2.45) is 17.3 Å². The number of hydrogen-bond acceptors (Lipinski definition) is 2. The summed E-state index contributed by atoms with van der Waals surface area (Å²) in [5.41, 5.74) is 3.15. The predicted octanol–water partition coefficient (Wildman–Crippen LogP) is 7.79. The van der Waals surface area contributed by atoms with Crippen molar-refractivity contribution in [3.05, 3.63) is 77.8 Å². The van der Waals surface area contributed by atoms with Gasteiger partial charge < -0.3 is 10.1 Å². The molecule has 3 aromatic rings. The molecular formula is C29H37IN2O. The Labute approximate surface area is 212 Å². The maximum absolute atomic E-state index is 12.4. The SMILES string of the molecule is CC[C@@H](C)/C(=C\[C@@]1(C)CC[C@H](C)C[C@@H]1I)CC(O)(c1ccncc1)c1cc2ccccc2[nH]1. The minimum atomic E-state index is -1.14. The van der Waals surface area contributed by atoms with Crippen LogP contribution >= 0.6 is 22.6 Å². The molecule has 1 aliphatic carbocycles. The first-order chi connectivity index (χ1) is 15.7. The van der Waals surface area contributed by atoms with Crippen molar-refractivity contribution >= 4 is 33.5 Å². The van der Waals surface area contributed by atoms with Gasteiger partial charge in [-0.05, 0) is 78.1 Å². The maximum atomic E-state index is 12.4. The van der Waals surface area contributed by atoms with Gasteiger partial charge in [0.15, 0.2) is 0 Å². The van der Waals surface area contributed by atoms with Crippen molar-refractivity contribution in [2.75, 3.05) is 0 Å². The molecule has 1 unspecified atom stereocenters. The number of halogens is 1. The first-order valence-corrected chi connectivity index (χ1v) is 13.6. The van der Waals surface area contributed by atoms with E-state index >= 15 is 0 Å². The number of pyridine rings is 1. The lowest BCUT2D eigenvalue weighted by molar-refractivity contribution is 0.0738. The quantitative estimate of drug-likeness (QED) is 0.177. The van der Waals surface area contributed by atoms with E-state index < -0.39 is 5.60 Å². The monoisotopic (exact) mass is 556 g/mol. The van der Waals surface area contributed by atoms with Crippen molar-refractivity contribution in [3.8, 4) is 0 Å². The highest BCUT2D eigenvalue weighted by Gasteiger charge is 2.39. The summed E-state index contributed by atoms with van der Waals surface area (Å²) < 4.78 is 0.611. The molecule has 1 saturated carbocycles. The largest absolute Gasteiger partial charge is 0.379 e. The summed E-state index contributed by atoms with van der Waals surface area (Å²) in [6.45, 7) is 9.36. The van der Waals surface area contributed by atoms with E-state index in [-0.39, 0.29) is 5.41 Å². The van der Waals surface area contributed by atoms with Gasteiger partial charge in [-0.25, -0.2) is 0 Å². The molecule has 2 N–H and O–H groups in total. The number of hydrogen-bond donors (Lipinski definition) is 2. The van der Waals surface area contributed by atoms with E-state index in [9.17, 15) is 5.11 Å². The molecule has 2 heterocycles. The lowest BCUT2D eigenvalue weighted by Crippen LogP contribution is -2.34. The van der Waals surface area contributed by atoms with Gasteiger partial charge in [0.05, 0.1) is 5.69 Å². The molecule has 0 aliphatic heterocycles. The van der Waals surface area contributed by atoms with Crippen LogP contribution in [0.25, 0.3) is 10.9 Å². The van der Waals surface area contributed by atoms with Crippen molar-refractivity contribution in [1.29, 1.82) is 0 Å². The number of aliphatic hydroxyl groups is 1. The summed E-state index contributed by atoms with van der Waals surface area (Å²) in [6, 6.07) is 14.2. The van der Waals surface area contributed by atoms with Crippen LogP contribution in [0.5, 0.6) is 0 Å². The predicted molar refractivity (Wildman–Crippen MR) is 147 cm³/mol. The van der Waals surface area contributed by atoms with Gasteiger partial charge in [-0.3, -0.25) is 4.98 Å². The van der Waals surface area contributed by atoms with Crippen molar-refractivity contribution in [2.45, 2.75) is 69.3 Å². The van der Waals surface area contributed by atoms with Gasteiger partial charge in [-0.15, -0.1) is 0 Å². The zero-order valence-corrected chi connectivity index (χ0v) is 22.5. The summed E-state index contributed by atoms with van der Waals surface area (Å²) in [5.74, 6) is 1.20. The Kier molecular flexibility index (Phi) is 7.35. The van der Waals surface area contributed by atoms with Crippen LogP contribution in [0.15, 0.2) is 66.5 Å². The highest BCUT2D eigenvalue weighted by molar-refractivity contribution is 14.1. The average molecular weight is 557 g/mol. The number of fused-ring (bicyclic) bond motifs is 1. The zero-order valence-electron chi connectivity index (χ0n) is 20.3. The molecule has 4 heteroatoms. The van der Waals surface area contributed by atoms with Crippen LogP contribution in [0.2, 0.25) is 0 Å². The molecule has 3 nitrogen and oxygen atoms in total. The Morgan fingerprint density at radius 3 is 2.70 bits per heavy atom. The molecule has 5 atom stereocenters. The molecule has 4 rings (SSSR count). The molecule has 1 aromatic carbocycles. The van der Waals surface area contributed by atoms with E-state index in [1.54, 1.807) is 12.4 Å². The number of nitrogens with one attached hydrogen (secondary N) is 1. The number of rotatable bonds is 7. The minimum Gasteiger partial charge on any atom is -0.379 e. The Bertz CT molecular complexity index is 1070. The van der Waals surface area contributed by atoms with Gasteiger partial charge in [-0.1, -0.05) is 80.1 Å². The number of alkyl halides is 1. The third-order valence-corrected chi connectivity index (χ3v) is 9.79. The van der Waals surface area contributed by atoms with Crippen LogP contribution in [-0.2, 0) is 5.60 Å². The van der Waals surface area contributed by atoms with Crippen LogP contribution in [-0.4, -0.2) is 19.0 Å². The second-order valence-corrected chi connectivity index (χ2v) is 11.9. The van der Waals surface area contributed by atoms with E-state index in [0.717, 1.165) is 34.5 Å². The van der Waals surface area contributed by atoms with E-state index in [1.807, 2.05) is 24.3 Å². The number of benzene rings is 1. The Hall–Kier alpha value is -1.66. The third-order valence-electron chi connectivity index (χ3n) is 7.85. The molecule has 0 spiro atoms. The summed E-state index contributed by atoms with van der Waals surface area (Å²) in [6.07, 6.45) is 11.5. The highest BCUT2D eigenvalue weighted by atomic mass is 127. The molecule has 0 radical (unpaired) electrons. The van der Waals surface area contributed by atoms with Crippen LogP contribution < -0.4 is 0 Å². The number of para-hydroxylation sites is 1. The molecule has 1 fully saturated rings. The summed E-state index contributed by atoms with van der Waals surface area (Å²) in [4.78, 5) is 7.74. The van der Waals surface area contributed by atoms with Crippen molar-refractivity contribution in [1.82, 2.24) is 9.97 Å². The molecule has 176 valence electrons. The van der Waals surface area contributed by atoms with E-state index in [2.05, 4.69) is 84.5 Å². The molecule has 0 saturated heterocycles. The smallest absolute Gasteiger partial charge is 0.133 e. The fraction of sp³-hybridized carbons (Fsp3) is 0.483. The van der Waals surface area contributed by atoms with Crippen LogP contribution in [0, 0.1) is 17.3 Å². The first-order valence-electron chi connectivity index (χ1n) is 12.3. The van der Waals surface area contributed by atoms with E-state index in [0.29, 0.717) is 16.3 Å². The van der Waals surface area contributed by atoms with Gasteiger partial charge in [0.2, 0.25) is 0 Å². The fourth-order valence-electron chi connectivity index (χ4n) is 5.24. The van der Waals surface area contributed by atoms with Crippen LogP contribution in [0.1, 0.15) is 71.1 Å². The lowest BCUT2D eigenvalue weighted by atomic mass is 9.69. The van der Waals surface area contributed by atoms with E-state index in [4.69, 9.17) is 0 Å². The Morgan fingerprint density at radius 2 is 2.03 bits per heavy atom. The molecule has 0 bridgehead atoms. The molecular weight excluding hydrogens is 519 g/mol.